The summed E-state index contributed by atoms with van der Waals surface area (Å²) in [6.07, 6.45) is -4.59. The Balaban J connectivity index is 1.84. The standard InChI is InChI=1S/C24H20F3N3O3S/c1-32-17-8-9-20(21(12-17)33-2)30-22(31)14-34-23-18(13-28)19(24(25,26)27)11-16(29-23)10-15-6-4-3-5-7-15/h3-9,11-12H,10,14H2,1-2H3,(H,30,31). The van der Waals surface area contributed by atoms with E-state index in [0.717, 1.165) is 23.4 Å². The van der Waals surface area contributed by atoms with Crippen molar-refractivity contribution in [3.05, 3.63) is 77.0 Å². The molecule has 1 heterocycles. The Morgan fingerprint density at radius 2 is 1.85 bits per heavy atom. The van der Waals surface area contributed by atoms with Crippen molar-refractivity contribution in [3.63, 3.8) is 0 Å². The summed E-state index contributed by atoms with van der Waals surface area (Å²) in [4.78, 5) is 16.8. The van der Waals surface area contributed by atoms with Crippen LogP contribution in [0.3, 0.4) is 0 Å². The van der Waals surface area contributed by atoms with Crippen LogP contribution in [0.25, 0.3) is 0 Å². The van der Waals surface area contributed by atoms with Crippen LogP contribution in [0.5, 0.6) is 11.5 Å². The third kappa shape index (κ3) is 6.20. The summed E-state index contributed by atoms with van der Waals surface area (Å²) in [6.45, 7) is 0. The van der Waals surface area contributed by atoms with Crippen LogP contribution in [0, 0.1) is 11.3 Å². The number of methoxy groups -OCH3 is 2. The van der Waals surface area contributed by atoms with Crippen molar-refractivity contribution >= 4 is 23.4 Å². The molecule has 0 spiro atoms. The zero-order valence-corrected chi connectivity index (χ0v) is 19.1. The third-order valence-corrected chi connectivity index (χ3v) is 5.68. The van der Waals surface area contributed by atoms with Gasteiger partial charge in [-0.15, -0.1) is 0 Å². The van der Waals surface area contributed by atoms with Crippen LogP contribution < -0.4 is 14.8 Å². The molecule has 0 aliphatic heterocycles. The number of hydrogen-bond acceptors (Lipinski definition) is 6. The van der Waals surface area contributed by atoms with Crippen LogP contribution in [0.2, 0.25) is 0 Å². The number of benzene rings is 2. The number of carbonyl (C=O) groups excluding carboxylic acids is 1. The fourth-order valence-corrected chi connectivity index (χ4v) is 3.95. The molecule has 0 fully saturated rings. The smallest absolute Gasteiger partial charge is 0.417 e. The maximum Gasteiger partial charge on any atom is 0.417 e. The van der Waals surface area contributed by atoms with Gasteiger partial charge in [-0.1, -0.05) is 42.1 Å². The molecule has 0 atom stereocenters. The van der Waals surface area contributed by atoms with E-state index in [1.807, 2.05) is 0 Å². The van der Waals surface area contributed by atoms with Gasteiger partial charge in [0.1, 0.15) is 22.6 Å². The first-order valence-electron chi connectivity index (χ1n) is 9.95. The number of thioether (sulfide) groups is 1. The van der Waals surface area contributed by atoms with Crippen LogP contribution in [-0.4, -0.2) is 30.9 Å². The van der Waals surface area contributed by atoms with Gasteiger partial charge in [0.05, 0.1) is 36.8 Å². The van der Waals surface area contributed by atoms with E-state index >= 15 is 0 Å². The van der Waals surface area contributed by atoms with Gasteiger partial charge in [0.15, 0.2) is 0 Å². The quantitative estimate of drug-likeness (QED) is 0.434. The zero-order chi connectivity index (χ0) is 24.7. The van der Waals surface area contributed by atoms with Gasteiger partial charge < -0.3 is 14.8 Å². The van der Waals surface area contributed by atoms with Gasteiger partial charge in [-0.3, -0.25) is 4.79 Å². The highest BCUT2D eigenvalue weighted by Crippen LogP contribution is 2.36. The predicted molar refractivity (Wildman–Crippen MR) is 122 cm³/mol. The first kappa shape index (κ1) is 24.9. The summed E-state index contributed by atoms with van der Waals surface area (Å²) >= 11 is 0.764. The first-order chi connectivity index (χ1) is 16.2. The number of halogens is 3. The average molecular weight is 488 g/mol. The maximum absolute atomic E-state index is 13.7. The Morgan fingerprint density at radius 1 is 1.12 bits per heavy atom. The number of alkyl halides is 3. The molecule has 0 radical (unpaired) electrons. The van der Waals surface area contributed by atoms with E-state index < -0.39 is 23.2 Å². The van der Waals surface area contributed by atoms with Crippen molar-refractivity contribution in [2.45, 2.75) is 17.6 Å². The van der Waals surface area contributed by atoms with Crippen LogP contribution in [0.15, 0.2) is 59.6 Å². The minimum Gasteiger partial charge on any atom is -0.497 e. The lowest BCUT2D eigenvalue weighted by Crippen LogP contribution is -2.16. The van der Waals surface area contributed by atoms with E-state index in [4.69, 9.17) is 9.47 Å². The molecule has 2 aromatic carbocycles. The van der Waals surface area contributed by atoms with Crippen molar-refractivity contribution in [2.75, 3.05) is 25.3 Å². The lowest BCUT2D eigenvalue weighted by molar-refractivity contribution is -0.138. The van der Waals surface area contributed by atoms with Gasteiger partial charge in [-0.25, -0.2) is 4.98 Å². The Hall–Kier alpha value is -3.71. The highest BCUT2D eigenvalue weighted by Gasteiger charge is 2.36. The summed E-state index contributed by atoms with van der Waals surface area (Å²) in [5, 5.41) is 11.9. The van der Waals surface area contributed by atoms with Crippen LogP contribution in [-0.2, 0) is 17.4 Å². The largest absolute Gasteiger partial charge is 0.497 e. The summed E-state index contributed by atoms with van der Waals surface area (Å²) in [5.74, 6) is 0.129. The minimum absolute atomic E-state index is 0.150. The lowest BCUT2D eigenvalue weighted by atomic mass is 10.0. The van der Waals surface area contributed by atoms with Crippen molar-refractivity contribution in [3.8, 4) is 17.6 Å². The molecule has 1 aromatic heterocycles. The molecule has 1 N–H and O–H groups in total. The molecule has 6 nitrogen and oxygen atoms in total. The molecule has 3 rings (SSSR count). The summed E-state index contributed by atoms with van der Waals surface area (Å²) in [6, 6.07) is 16.2. The lowest BCUT2D eigenvalue weighted by Gasteiger charge is -2.15. The first-order valence-corrected chi connectivity index (χ1v) is 10.9. The molecule has 3 aromatic rings. The number of pyridine rings is 1. The average Bonchev–Trinajstić information content (AvgIpc) is 2.82. The molecular formula is C24H20F3N3O3S. The summed E-state index contributed by atoms with van der Waals surface area (Å²) < 4.78 is 51.4. The number of amides is 1. The van der Waals surface area contributed by atoms with Gasteiger partial charge in [0, 0.05) is 18.2 Å². The van der Waals surface area contributed by atoms with Crippen molar-refractivity contribution in [1.82, 2.24) is 4.98 Å². The number of hydrogen-bond donors (Lipinski definition) is 1. The summed E-state index contributed by atoms with van der Waals surface area (Å²) in [7, 11) is 2.92. The van der Waals surface area contributed by atoms with E-state index in [9.17, 15) is 23.2 Å². The third-order valence-electron chi connectivity index (χ3n) is 4.71. The number of ether oxygens (including phenoxy) is 2. The molecule has 176 valence electrons. The van der Waals surface area contributed by atoms with E-state index in [1.165, 1.54) is 14.2 Å². The Kier molecular flexibility index (Phi) is 8.02. The molecular weight excluding hydrogens is 467 g/mol. The van der Waals surface area contributed by atoms with Gasteiger partial charge in [0.2, 0.25) is 5.91 Å². The Labute approximate surface area is 198 Å². The van der Waals surface area contributed by atoms with Gasteiger partial charge in [-0.2, -0.15) is 18.4 Å². The van der Waals surface area contributed by atoms with Crippen molar-refractivity contribution < 1.29 is 27.4 Å². The highest BCUT2D eigenvalue weighted by atomic mass is 32.2. The van der Waals surface area contributed by atoms with Crippen molar-refractivity contribution in [1.29, 1.82) is 5.26 Å². The molecule has 1 amide bonds. The predicted octanol–water partition coefficient (Wildman–Crippen LogP) is 5.31. The molecule has 0 unspecified atom stereocenters. The number of aromatic nitrogens is 1. The zero-order valence-electron chi connectivity index (χ0n) is 18.3. The maximum atomic E-state index is 13.7. The van der Waals surface area contributed by atoms with Gasteiger partial charge in [0.25, 0.3) is 0 Å². The van der Waals surface area contributed by atoms with Crippen LogP contribution in [0.1, 0.15) is 22.4 Å². The fraction of sp³-hybridized carbons (Fsp3) is 0.208. The number of rotatable bonds is 8. The molecule has 0 aliphatic rings. The highest BCUT2D eigenvalue weighted by molar-refractivity contribution is 8.00. The molecule has 0 saturated heterocycles. The van der Waals surface area contributed by atoms with Crippen molar-refractivity contribution in [2.24, 2.45) is 0 Å². The molecule has 0 aliphatic carbocycles. The SMILES string of the molecule is COc1ccc(NC(=O)CSc2nc(Cc3ccccc3)cc(C(F)(F)F)c2C#N)c(OC)c1. The number of anilines is 1. The molecule has 10 heteroatoms. The number of nitrogens with one attached hydrogen (secondary N) is 1. The van der Waals surface area contributed by atoms with Gasteiger partial charge in [-0.05, 0) is 23.8 Å². The fourth-order valence-electron chi connectivity index (χ4n) is 3.13. The number of carbonyl (C=O) groups is 1. The second-order valence-corrected chi connectivity index (χ2v) is 7.98. The van der Waals surface area contributed by atoms with E-state index in [2.05, 4.69) is 10.3 Å². The second kappa shape index (κ2) is 10.9. The minimum atomic E-state index is -4.74. The monoisotopic (exact) mass is 487 g/mol. The molecule has 34 heavy (non-hydrogen) atoms. The van der Waals surface area contributed by atoms with Crippen LogP contribution in [0.4, 0.5) is 18.9 Å². The normalized spacial score (nSPS) is 10.9. The van der Waals surface area contributed by atoms with E-state index in [1.54, 1.807) is 54.6 Å². The number of nitriles is 1. The molecule has 0 bridgehead atoms. The van der Waals surface area contributed by atoms with E-state index in [-0.39, 0.29) is 22.9 Å². The van der Waals surface area contributed by atoms with E-state index in [0.29, 0.717) is 17.2 Å². The second-order valence-electron chi connectivity index (χ2n) is 7.02. The van der Waals surface area contributed by atoms with Gasteiger partial charge >= 0.3 is 6.18 Å². The number of nitrogens with zero attached hydrogens (tertiary/aromatic N) is 2. The molecule has 0 saturated carbocycles. The van der Waals surface area contributed by atoms with Crippen LogP contribution >= 0.6 is 11.8 Å². The Morgan fingerprint density at radius 3 is 2.47 bits per heavy atom. The Bertz CT molecular complexity index is 1210. The topological polar surface area (TPSA) is 84.2 Å². The summed E-state index contributed by atoms with van der Waals surface area (Å²) in [5.41, 5.74) is -0.388.